The van der Waals surface area contributed by atoms with E-state index >= 15 is 0 Å². The molecule has 3 fully saturated rings. The first-order valence-corrected chi connectivity index (χ1v) is 10.2. The Hall–Kier alpha value is -1.97. The van der Waals surface area contributed by atoms with Crippen molar-refractivity contribution in [3.05, 3.63) is 12.3 Å². The molecule has 1 spiro atoms. The van der Waals surface area contributed by atoms with Gasteiger partial charge in [0.05, 0.1) is 25.2 Å². The Balaban J connectivity index is 1.25. The first kappa shape index (κ1) is 19.4. The average Bonchev–Trinajstić information content (AvgIpc) is 3.36. The minimum atomic E-state index is -0.295. The van der Waals surface area contributed by atoms with E-state index in [0.717, 1.165) is 65.3 Å². The lowest BCUT2D eigenvalue weighted by atomic mass is 9.85. The van der Waals surface area contributed by atoms with E-state index in [-0.39, 0.29) is 17.2 Å². The van der Waals surface area contributed by atoms with Gasteiger partial charge in [-0.3, -0.25) is 24.1 Å². The third-order valence-electron chi connectivity index (χ3n) is 6.17. The summed E-state index contributed by atoms with van der Waals surface area (Å²) in [5, 5.41) is 6.99. The lowest BCUT2D eigenvalue weighted by molar-refractivity contribution is -0.136. The summed E-state index contributed by atoms with van der Waals surface area (Å²) in [5.41, 5.74) is -0.295. The zero-order valence-corrected chi connectivity index (χ0v) is 16.6. The fraction of sp³-hybridized carbons (Fsp3) is 0.737. The van der Waals surface area contributed by atoms with Gasteiger partial charge in [0, 0.05) is 58.6 Å². The number of carbonyl (C=O) groups excluding carboxylic acids is 2. The fourth-order valence-electron chi connectivity index (χ4n) is 4.53. The van der Waals surface area contributed by atoms with Gasteiger partial charge < -0.3 is 15.0 Å². The van der Waals surface area contributed by atoms with Crippen molar-refractivity contribution in [1.29, 1.82) is 0 Å². The second-order valence-corrected chi connectivity index (χ2v) is 8.16. The molecule has 3 aliphatic heterocycles. The van der Waals surface area contributed by atoms with Gasteiger partial charge in [-0.15, -0.1) is 0 Å². The molecule has 3 aliphatic rings. The number of morpholine rings is 1. The van der Waals surface area contributed by atoms with Crippen LogP contribution < -0.4 is 5.32 Å². The Kier molecular flexibility index (Phi) is 5.65. The maximum Gasteiger partial charge on any atom is 0.239 e. The quantitative estimate of drug-likeness (QED) is 0.713. The van der Waals surface area contributed by atoms with Crippen molar-refractivity contribution in [1.82, 2.24) is 24.5 Å². The number of amides is 2. The van der Waals surface area contributed by atoms with Crippen LogP contribution in [0.1, 0.15) is 12.8 Å². The highest BCUT2D eigenvalue weighted by Gasteiger charge is 2.50. The predicted octanol–water partition coefficient (Wildman–Crippen LogP) is -0.385. The molecule has 9 heteroatoms. The second-order valence-electron chi connectivity index (χ2n) is 8.16. The smallest absolute Gasteiger partial charge is 0.239 e. The van der Waals surface area contributed by atoms with Crippen LogP contribution in [0, 0.1) is 5.41 Å². The number of aromatic nitrogens is 2. The number of anilines is 1. The molecule has 0 aromatic carbocycles. The van der Waals surface area contributed by atoms with Gasteiger partial charge in [0.1, 0.15) is 0 Å². The highest BCUT2D eigenvalue weighted by molar-refractivity contribution is 5.91. The van der Waals surface area contributed by atoms with E-state index < -0.39 is 0 Å². The minimum Gasteiger partial charge on any atom is -0.379 e. The number of ether oxygens (including phenoxy) is 1. The second kappa shape index (κ2) is 8.18. The van der Waals surface area contributed by atoms with E-state index in [4.69, 9.17) is 4.74 Å². The Bertz CT molecular complexity index is 716. The van der Waals surface area contributed by atoms with Crippen LogP contribution in [-0.4, -0.2) is 102 Å². The van der Waals surface area contributed by atoms with Crippen molar-refractivity contribution in [2.45, 2.75) is 12.8 Å². The summed E-state index contributed by atoms with van der Waals surface area (Å²) in [6.45, 7) is 7.78. The van der Waals surface area contributed by atoms with E-state index in [9.17, 15) is 9.59 Å². The summed E-state index contributed by atoms with van der Waals surface area (Å²) in [6, 6.07) is 1.77. The van der Waals surface area contributed by atoms with Crippen LogP contribution in [0.4, 0.5) is 5.82 Å². The van der Waals surface area contributed by atoms with E-state index in [0.29, 0.717) is 18.9 Å². The zero-order valence-electron chi connectivity index (χ0n) is 16.6. The number of aryl methyl sites for hydroxylation is 1. The standard InChI is InChI=1S/C19H30N6O3/c1-22-5-2-16(21-22)20-17(26)14-24-6-3-19(15-24)4-7-25(18(19)27)9-8-23-10-12-28-13-11-23/h2,5H,3-4,6-15H2,1H3,(H,20,21,26). The number of carbonyl (C=O) groups is 2. The maximum atomic E-state index is 13.1. The van der Waals surface area contributed by atoms with E-state index in [1.165, 1.54) is 0 Å². The lowest BCUT2D eigenvalue weighted by Crippen LogP contribution is -2.43. The minimum absolute atomic E-state index is 0.0784. The number of rotatable bonds is 6. The molecule has 4 rings (SSSR count). The topological polar surface area (TPSA) is 82.9 Å². The number of hydrogen-bond donors (Lipinski definition) is 1. The first-order valence-electron chi connectivity index (χ1n) is 10.2. The van der Waals surface area contributed by atoms with Crippen LogP contribution in [-0.2, 0) is 21.4 Å². The monoisotopic (exact) mass is 390 g/mol. The van der Waals surface area contributed by atoms with Crippen molar-refractivity contribution in [3.63, 3.8) is 0 Å². The van der Waals surface area contributed by atoms with Gasteiger partial charge in [0.15, 0.2) is 5.82 Å². The van der Waals surface area contributed by atoms with Gasteiger partial charge in [-0.1, -0.05) is 0 Å². The third-order valence-corrected chi connectivity index (χ3v) is 6.17. The third kappa shape index (κ3) is 4.21. The molecule has 9 nitrogen and oxygen atoms in total. The average molecular weight is 390 g/mol. The van der Waals surface area contributed by atoms with Crippen LogP contribution in [0.25, 0.3) is 0 Å². The lowest BCUT2D eigenvalue weighted by Gasteiger charge is -2.29. The SMILES string of the molecule is Cn1ccc(NC(=O)CN2CCC3(CCN(CCN4CCOCC4)C3=O)C2)n1. The summed E-state index contributed by atoms with van der Waals surface area (Å²) in [7, 11) is 1.82. The molecule has 0 bridgehead atoms. The highest BCUT2D eigenvalue weighted by Crippen LogP contribution is 2.40. The normalized spacial score (nSPS) is 26.5. The summed E-state index contributed by atoms with van der Waals surface area (Å²) in [6.07, 6.45) is 3.53. The molecule has 3 saturated heterocycles. The molecule has 4 heterocycles. The summed E-state index contributed by atoms with van der Waals surface area (Å²) in [4.78, 5) is 31.8. The van der Waals surface area contributed by atoms with E-state index in [1.54, 1.807) is 16.9 Å². The van der Waals surface area contributed by atoms with Crippen molar-refractivity contribution < 1.29 is 14.3 Å². The van der Waals surface area contributed by atoms with Gasteiger partial charge in [-0.2, -0.15) is 5.10 Å². The molecule has 1 aromatic rings. The van der Waals surface area contributed by atoms with Gasteiger partial charge in [-0.05, 0) is 19.4 Å². The van der Waals surface area contributed by atoms with Crippen molar-refractivity contribution >= 4 is 17.6 Å². The molecule has 1 atom stereocenters. The number of likely N-dealkylation sites (tertiary alicyclic amines) is 2. The van der Waals surface area contributed by atoms with Crippen LogP contribution in [0.15, 0.2) is 12.3 Å². The first-order chi connectivity index (χ1) is 13.5. The Labute approximate surface area is 165 Å². The Morgan fingerprint density at radius 2 is 1.96 bits per heavy atom. The summed E-state index contributed by atoms with van der Waals surface area (Å²) >= 11 is 0. The molecule has 2 amide bonds. The van der Waals surface area contributed by atoms with Crippen LogP contribution in [0.2, 0.25) is 0 Å². The van der Waals surface area contributed by atoms with Crippen molar-refractivity contribution in [2.75, 3.05) is 70.9 Å². The Morgan fingerprint density at radius 3 is 2.71 bits per heavy atom. The van der Waals surface area contributed by atoms with Crippen LogP contribution in [0.3, 0.4) is 0 Å². The molecule has 0 radical (unpaired) electrons. The molecule has 1 unspecified atom stereocenters. The molecule has 1 aromatic heterocycles. The fourth-order valence-corrected chi connectivity index (χ4v) is 4.53. The largest absolute Gasteiger partial charge is 0.379 e. The molecule has 1 N–H and O–H groups in total. The number of nitrogens with zero attached hydrogens (tertiary/aromatic N) is 5. The Morgan fingerprint density at radius 1 is 1.18 bits per heavy atom. The summed E-state index contributed by atoms with van der Waals surface area (Å²) < 4.78 is 7.04. The van der Waals surface area contributed by atoms with Gasteiger partial charge in [-0.25, -0.2) is 0 Å². The predicted molar refractivity (Wildman–Crippen MR) is 104 cm³/mol. The summed E-state index contributed by atoms with van der Waals surface area (Å²) in [5.74, 6) is 0.756. The van der Waals surface area contributed by atoms with Crippen molar-refractivity contribution in [3.8, 4) is 0 Å². The van der Waals surface area contributed by atoms with Crippen LogP contribution in [0.5, 0.6) is 0 Å². The number of nitrogens with one attached hydrogen (secondary N) is 1. The van der Waals surface area contributed by atoms with Crippen LogP contribution >= 0.6 is 0 Å². The molecular formula is C19H30N6O3. The number of hydrogen-bond acceptors (Lipinski definition) is 6. The maximum absolute atomic E-state index is 13.1. The van der Waals surface area contributed by atoms with E-state index in [1.807, 2.05) is 11.9 Å². The molecule has 28 heavy (non-hydrogen) atoms. The molecule has 0 aliphatic carbocycles. The van der Waals surface area contributed by atoms with Gasteiger partial charge in [0.2, 0.25) is 11.8 Å². The molecule has 154 valence electrons. The van der Waals surface area contributed by atoms with Gasteiger partial charge >= 0.3 is 0 Å². The zero-order chi connectivity index (χ0) is 19.6. The highest BCUT2D eigenvalue weighted by atomic mass is 16.5. The van der Waals surface area contributed by atoms with Gasteiger partial charge in [0.25, 0.3) is 0 Å². The molecule has 0 saturated carbocycles. The molecular weight excluding hydrogens is 360 g/mol. The van der Waals surface area contributed by atoms with E-state index in [2.05, 4.69) is 20.2 Å². The van der Waals surface area contributed by atoms with Crippen molar-refractivity contribution in [2.24, 2.45) is 12.5 Å².